The number of hydrogen-bond acceptors (Lipinski definition) is 3. The number of ether oxygens (including phenoxy) is 2. The zero-order valence-corrected chi connectivity index (χ0v) is 11.5. The van der Waals surface area contributed by atoms with Crippen LogP contribution in [0.15, 0.2) is 18.2 Å². The highest BCUT2D eigenvalue weighted by Crippen LogP contribution is 2.38. The Balaban J connectivity index is 2.23. The molecule has 0 spiro atoms. The second-order valence-corrected chi connectivity index (χ2v) is 4.98. The minimum absolute atomic E-state index is 0.0504. The second kappa shape index (κ2) is 5.61. The smallest absolute Gasteiger partial charge is 0.124 e. The van der Waals surface area contributed by atoms with Gasteiger partial charge in [0.1, 0.15) is 17.6 Å². The van der Waals surface area contributed by atoms with Crippen molar-refractivity contribution in [2.75, 3.05) is 7.11 Å². The highest BCUT2D eigenvalue weighted by Gasteiger charge is 2.30. The number of nitrogens with two attached hydrogens (primary N) is 1. The van der Waals surface area contributed by atoms with Crippen LogP contribution in [-0.2, 0) is 0 Å². The first-order valence-corrected chi connectivity index (χ1v) is 6.79. The molecule has 0 fully saturated rings. The summed E-state index contributed by atoms with van der Waals surface area (Å²) in [4.78, 5) is 0. The lowest BCUT2D eigenvalue weighted by Gasteiger charge is -2.34. The molecule has 1 unspecified atom stereocenters. The zero-order chi connectivity index (χ0) is 13.1. The Kier molecular flexibility index (Phi) is 4.12. The molecular weight excluding hydrogens is 226 g/mol. The van der Waals surface area contributed by atoms with Gasteiger partial charge in [-0.15, -0.1) is 0 Å². The molecule has 1 aliphatic rings. The Hall–Kier alpha value is -1.22. The van der Waals surface area contributed by atoms with Gasteiger partial charge in [-0.2, -0.15) is 0 Å². The van der Waals surface area contributed by atoms with E-state index in [1.807, 2.05) is 18.2 Å². The summed E-state index contributed by atoms with van der Waals surface area (Å²) in [6, 6.07) is 5.95. The van der Waals surface area contributed by atoms with Gasteiger partial charge in [-0.05, 0) is 37.0 Å². The summed E-state index contributed by atoms with van der Waals surface area (Å²) in [6.45, 7) is 4.43. The standard InChI is InChI=1S/C15H23NO2/c1-4-10(5-2)15-9-13(16)12-8-11(17-3)6-7-14(12)18-15/h6-8,10,13,15H,4-5,9,16H2,1-3H3/t13-,15?/m1/s1. The summed E-state index contributed by atoms with van der Waals surface area (Å²) in [5, 5.41) is 0. The van der Waals surface area contributed by atoms with Crippen molar-refractivity contribution in [2.24, 2.45) is 11.7 Å². The molecule has 3 heteroatoms. The maximum Gasteiger partial charge on any atom is 0.124 e. The highest BCUT2D eigenvalue weighted by molar-refractivity contribution is 5.43. The topological polar surface area (TPSA) is 44.5 Å². The molecule has 1 aromatic carbocycles. The summed E-state index contributed by atoms with van der Waals surface area (Å²) in [7, 11) is 1.67. The van der Waals surface area contributed by atoms with E-state index >= 15 is 0 Å². The van der Waals surface area contributed by atoms with E-state index in [2.05, 4.69) is 13.8 Å². The van der Waals surface area contributed by atoms with Gasteiger partial charge in [-0.1, -0.05) is 13.8 Å². The first-order chi connectivity index (χ1) is 8.69. The van der Waals surface area contributed by atoms with Gasteiger partial charge < -0.3 is 15.2 Å². The number of benzene rings is 1. The first-order valence-electron chi connectivity index (χ1n) is 6.79. The molecule has 2 rings (SSSR count). The number of rotatable bonds is 4. The van der Waals surface area contributed by atoms with Crippen LogP contribution in [0.3, 0.4) is 0 Å². The lowest BCUT2D eigenvalue weighted by molar-refractivity contribution is 0.0942. The van der Waals surface area contributed by atoms with E-state index in [4.69, 9.17) is 15.2 Å². The molecule has 0 bridgehead atoms. The fraction of sp³-hybridized carbons (Fsp3) is 0.600. The lowest BCUT2D eigenvalue weighted by Crippen LogP contribution is -2.34. The van der Waals surface area contributed by atoms with Crippen molar-refractivity contribution in [3.05, 3.63) is 23.8 Å². The first kappa shape index (κ1) is 13.2. The summed E-state index contributed by atoms with van der Waals surface area (Å²) in [6.07, 6.45) is 3.42. The van der Waals surface area contributed by atoms with E-state index in [0.29, 0.717) is 5.92 Å². The van der Waals surface area contributed by atoms with Gasteiger partial charge in [0.25, 0.3) is 0 Å². The molecule has 1 aromatic rings. The third kappa shape index (κ3) is 2.46. The quantitative estimate of drug-likeness (QED) is 0.890. The summed E-state index contributed by atoms with van der Waals surface area (Å²) in [5.41, 5.74) is 7.34. The van der Waals surface area contributed by atoms with Crippen LogP contribution >= 0.6 is 0 Å². The van der Waals surface area contributed by atoms with Crippen LogP contribution in [0.2, 0.25) is 0 Å². The molecule has 0 radical (unpaired) electrons. The molecule has 18 heavy (non-hydrogen) atoms. The van der Waals surface area contributed by atoms with Crippen molar-refractivity contribution >= 4 is 0 Å². The van der Waals surface area contributed by atoms with Crippen molar-refractivity contribution in [1.82, 2.24) is 0 Å². The Morgan fingerprint density at radius 3 is 2.72 bits per heavy atom. The van der Waals surface area contributed by atoms with Crippen LogP contribution in [0, 0.1) is 5.92 Å². The monoisotopic (exact) mass is 249 g/mol. The largest absolute Gasteiger partial charge is 0.497 e. The van der Waals surface area contributed by atoms with Gasteiger partial charge in [0.05, 0.1) is 7.11 Å². The van der Waals surface area contributed by atoms with E-state index in [9.17, 15) is 0 Å². The van der Waals surface area contributed by atoms with Crippen molar-refractivity contribution in [2.45, 2.75) is 45.3 Å². The number of methoxy groups -OCH3 is 1. The molecule has 0 aliphatic carbocycles. The minimum atomic E-state index is 0.0504. The van der Waals surface area contributed by atoms with E-state index in [-0.39, 0.29) is 12.1 Å². The van der Waals surface area contributed by atoms with Crippen LogP contribution < -0.4 is 15.2 Å². The highest BCUT2D eigenvalue weighted by atomic mass is 16.5. The Labute approximate surface area is 109 Å². The third-order valence-corrected chi connectivity index (χ3v) is 3.96. The summed E-state index contributed by atoms with van der Waals surface area (Å²) in [5.74, 6) is 2.35. The molecule has 2 N–H and O–H groups in total. The molecule has 1 heterocycles. The van der Waals surface area contributed by atoms with Crippen molar-refractivity contribution in [3.63, 3.8) is 0 Å². The fourth-order valence-corrected chi connectivity index (χ4v) is 2.74. The summed E-state index contributed by atoms with van der Waals surface area (Å²) < 4.78 is 11.3. The van der Waals surface area contributed by atoms with E-state index < -0.39 is 0 Å². The van der Waals surface area contributed by atoms with Gasteiger partial charge in [-0.25, -0.2) is 0 Å². The maximum absolute atomic E-state index is 6.27. The van der Waals surface area contributed by atoms with E-state index in [1.165, 1.54) is 0 Å². The molecule has 0 saturated carbocycles. The Bertz CT molecular complexity index is 401. The summed E-state index contributed by atoms with van der Waals surface area (Å²) >= 11 is 0. The van der Waals surface area contributed by atoms with Crippen LogP contribution in [-0.4, -0.2) is 13.2 Å². The predicted octanol–water partition coefficient (Wildman–Crippen LogP) is 3.28. The number of hydrogen-bond donors (Lipinski definition) is 1. The van der Waals surface area contributed by atoms with Gasteiger partial charge in [0.2, 0.25) is 0 Å². The van der Waals surface area contributed by atoms with Crippen molar-refractivity contribution < 1.29 is 9.47 Å². The predicted molar refractivity (Wildman–Crippen MR) is 73.0 cm³/mol. The SMILES string of the molecule is CCC(CC)C1C[C@@H](N)c2cc(OC)ccc2O1. The lowest BCUT2D eigenvalue weighted by atomic mass is 9.87. The molecule has 3 nitrogen and oxygen atoms in total. The molecule has 1 aliphatic heterocycles. The second-order valence-electron chi connectivity index (χ2n) is 4.98. The maximum atomic E-state index is 6.27. The van der Waals surface area contributed by atoms with Gasteiger partial charge >= 0.3 is 0 Å². The van der Waals surface area contributed by atoms with E-state index in [1.54, 1.807) is 7.11 Å². The minimum Gasteiger partial charge on any atom is -0.497 e. The molecular formula is C15H23NO2. The van der Waals surface area contributed by atoms with E-state index in [0.717, 1.165) is 36.3 Å². The molecule has 0 saturated heterocycles. The average molecular weight is 249 g/mol. The van der Waals surface area contributed by atoms with Crippen LogP contribution in [0.1, 0.15) is 44.7 Å². The molecule has 2 atom stereocenters. The average Bonchev–Trinajstić information content (AvgIpc) is 2.40. The van der Waals surface area contributed by atoms with Gasteiger partial charge in [-0.3, -0.25) is 0 Å². The van der Waals surface area contributed by atoms with Crippen LogP contribution in [0.25, 0.3) is 0 Å². The normalized spacial score (nSPS) is 22.5. The number of fused-ring (bicyclic) bond motifs is 1. The third-order valence-electron chi connectivity index (χ3n) is 3.96. The molecule has 100 valence electrons. The van der Waals surface area contributed by atoms with Gasteiger partial charge in [0.15, 0.2) is 0 Å². The van der Waals surface area contributed by atoms with Crippen molar-refractivity contribution in [1.29, 1.82) is 0 Å². The Morgan fingerprint density at radius 1 is 1.39 bits per heavy atom. The molecule has 0 aromatic heterocycles. The Morgan fingerprint density at radius 2 is 2.11 bits per heavy atom. The van der Waals surface area contributed by atoms with Crippen LogP contribution in [0.5, 0.6) is 11.5 Å². The fourth-order valence-electron chi connectivity index (χ4n) is 2.74. The zero-order valence-electron chi connectivity index (χ0n) is 11.5. The van der Waals surface area contributed by atoms with Gasteiger partial charge in [0, 0.05) is 18.0 Å². The molecule has 0 amide bonds. The van der Waals surface area contributed by atoms with Crippen LogP contribution in [0.4, 0.5) is 0 Å². The van der Waals surface area contributed by atoms with Crippen molar-refractivity contribution in [3.8, 4) is 11.5 Å².